The molecule has 2 aromatic heterocycles. The van der Waals surface area contributed by atoms with Crippen LogP contribution in [-0.2, 0) is 4.74 Å². The maximum atomic E-state index is 11.6. The molecular formula is C14H10ClNO3S. The molecule has 6 heteroatoms. The van der Waals surface area contributed by atoms with Crippen molar-refractivity contribution in [3.05, 3.63) is 33.8 Å². The molecule has 1 aromatic carbocycles. The van der Waals surface area contributed by atoms with Gasteiger partial charge in [0.25, 0.3) is 0 Å². The third-order valence-electron chi connectivity index (χ3n) is 3.14. The van der Waals surface area contributed by atoms with Crippen LogP contribution in [-0.4, -0.2) is 23.2 Å². The highest BCUT2D eigenvalue weighted by Crippen LogP contribution is 2.41. The Morgan fingerprint density at radius 2 is 2.15 bits per heavy atom. The van der Waals surface area contributed by atoms with Crippen molar-refractivity contribution in [1.29, 1.82) is 0 Å². The van der Waals surface area contributed by atoms with Gasteiger partial charge in [0.15, 0.2) is 4.88 Å². The number of methoxy groups -OCH3 is 1. The van der Waals surface area contributed by atoms with Gasteiger partial charge in [0.05, 0.1) is 18.0 Å². The third kappa shape index (κ3) is 1.82. The van der Waals surface area contributed by atoms with Gasteiger partial charge in [0, 0.05) is 21.3 Å². The van der Waals surface area contributed by atoms with Crippen molar-refractivity contribution in [2.45, 2.75) is 6.92 Å². The van der Waals surface area contributed by atoms with Crippen LogP contribution in [0.1, 0.15) is 15.2 Å². The summed E-state index contributed by atoms with van der Waals surface area (Å²) in [5, 5.41) is 12.2. The second kappa shape index (κ2) is 4.61. The van der Waals surface area contributed by atoms with Crippen LogP contribution in [0, 0.1) is 6.92 Å². The number of carbonyl (C=O) groups excluding carboxylic acids is 1. The fourth-order valence-corrected chi connectivity index (χ4v) is 3.35. The largest absolute Gasteiger partial charge is 0.505 e. The molecule has 3 rings (SSSR count). The molecule has 20 heavy (non-hydrogen) atoms. The van der Waals surface area contributed by atoms with E-state index in [4.69, 9.17) is 11.6 Å². The standard InChI is InChI=1S/C14H10ClNO3S/c1-6-3-7-10(4-9(6)15)16-5-8-11(17)13(14(18)19-2)20-12(7)8/h3-5,17H,1-2H3. The molecule has 0 aliphatic carbocycles. The van der Waals surface area contributed by atoms with Crippen LogP contribution in [0.5, 0.6) is 5.75 Å². The van der Waals surface area contributed by atoms with Crippen LogP contribution in [0.25, 0.3) is 21.0 Å². The number of pyridine rings is 1. The lowest BCUT2D eigenvalue weighted by Gasteiger charge is -2.02. The van der Waals surface area contributed by atoms with Gasteiger partial charge in [-0.25, -0.2) is 4.79 Å². The van der Waals surface area contributed by atoms with Crippen LogP contribution in [0.4, 0.5) is 0 Å². The molecule has 0 aliphatic heterocycles. The summed E-state index contributed by atoms with van der Waals surface area (Å²) in [5.74, 6) is -0.638. The first-order valence-corrected chi connectivity index (χ1v) is 7.01. The van der Waals surface area contributed by atoms with E-state index in [1.54, 1.807) is 12.3 Å². The summed E-state index contributed by atoms with van der Waals surface area (Å²) in [6.07, 6.45) is 1.54. The Kier molecular flexibility index (Phi) is 3.03. The second-order valence-corrected chi connectivity index (χ2v) is 5.82. The third-order valence-corrected chi connectivity index (χ3v) is 4.76. The van der Waals surface area contributed by atoms with Gasteiger partial charge < -0.3 is 9.84 Å². The number of thiophene rings is 1. The molecule has 0 spiro atoms. The minimum Gasteiger partial charge on any atom is -0.505 e. The lowest BCUT2D eigenvalue weighted by molar-refractivity contribution is 0.0603. The first-order valence-electron chi connectivity index (χ1n) is 5.81. The number of carbonyl (C=O) groups is 1. The number of hydrogen-bond acceptors (Lipinski definition) is 5. The zero-order chi connectivity index (χ0) is 14.4. The second-order valence-electron chi connectivity index (χ2n) is 4.39. The SMILES string of the molecule is COC(=O)c1sc2c(cnc3cc(Cl)c(C)cc32)c1O. The maximum Gasteiger partial charge on any atom is 0.351 e. The van der Waals surface area contributed by atoms with Gasteiger partial charge in [-0.05, 0) is 24.6 Å². The van der Waals surface area contributed by atoms with Crippen molar-refractivity contribution < 1.29 is 14.6 Å². The van der Waals surface area contributed by atoms with E-state index in [-0.39, 0.29) is 10.6 Å². The van der Waals surface area contributed by atoms with Gasteiger partial charge >= 0.3 is 5.97 Å². The van der Waals surface area contributed by atoms with Gasteiger partial charge in [0.2, 0.25) is 0 Å². The highest BCUT2D eigenvalue weighted by Gasteiger charge is 2.20. The Morgan fingerprint density at radius 3 is 2.85 bits per heavy atom. The minimum atomic E-state index is -0.553. The summed E-state index contributed by atoms with van der Waals surface area (Å²) in [6.45, 7) is 1.90. The van der Waals surface area contributed by atoms with Gasteiger partial charge in [-0.2, -0.15) is 0 Å². The summed E-state index contributed by atoms with van der Waals surface area (Å²) in [6, 6.07) is 3.68. The zero-order valence-electron chi connectivity index (χ0n) is 10.7. The van der Waals surface area contributed by atoms with E-state index in [1.807, 2.05) is 13.0 Å². The summed E-state index contributed by atoms with van der Waals surface area (Å²) < 4.78 is 5.47. The van der Waals surface area contributed by atoms with Crippen LogP contribution >= 0.6 is 22.9 Å². The first-order chi connectivity index (χ1) is 9.52. The van der Waals surface area contributed by atoms with E-state index < -0.39 is 5.97 Å². The Bertz CT molecular complexity index is 857. The Labute approximate surface area is 123 Å². The highest BCUT2D eigenvalue weighted by molar-refractivity contribution is 7.22. The lowest BCUT2D eigenvalue weighted by atomic mass is 10.1. The molecular weight excluding hydrogens is 298 g/mol. The predicted molar refractivity (Wildman–Crippen MR) is 79.9 cm³/mol. The molecule has 0 saturated heterocycles. The van der Waals surface area contributed by atoms with E-state index in [9.17, 15) is 9.90 Å². The number of benzene rings is 1. The molecule has 0 bridgehead atoms. The highest BCUT2D eigenvalue weighted by atomic mass is 35.5. The summed E-state index contributed by atoms with van der Waals surface area (Å²) in [4.78, 5) is 16.1. The average molecular weight is 308 g/mol. The normalized spacial score (nSPS) is 11.2. The van der Waals surface area contributed by atoms with Crippen LogP contribution < -0.4 is 0 Å². The van der Waals surface area contributed by atoms with Crippen molar-refractivity contribution in [3.63, 3.8) is 0 Å². The molecule has 0 radical (unpaired) electrons. The Morgan fingerprint density at radius 1 is 1.40 bits per heavy atom. The maximum absolute atomic E-state index is 11.6. The Hall–Kier alpha value is -1.85. The molecule has 0 amide bonds. The fourth-order valence-electron chi connectivity index (χ4n) is 2.08. The molecule has 0 fully saturated rings. The van der Waals surface area contributed by atoms with Crippen molar-refractivity contribution in [2.75, 3.05) is 7.11 Å². The number of ether oxygens (including phenoxy) is 1. The molecule has 1 N–H and O–H groups in total. The topological polar surface area (TPSA) is 59.4 Å². The van der Waals surface area contributed by atoms with Crippen molar-refractivity contribution in [3.8, 4) is 5.75 Å². The minimum absolute atomic E-state index is 0.0844. The van der Waals surface area contributed by atoms with Crippen molar-refractivity contribution >= 4 is 49.9 Å². The number of fused-ring (bicyclic) bond motifs is 3. The number of hydrogen-bond donors (Lipinski definition) is 1. The molecule has 2 heterocycles. The summed E-state index contributed by atoms with van der Waals surface area (Å²) in [7, 11) is 1.28. The zero-order valence-corrected chi connectivity index (χ0v) is 12.3. The quantitative estimate of drug-likeness (QED) is 0.693. The molecule has 3 aromatic rings. The van der Waals surface area contributed by atoms with Crippen molar-refractivity contribution in [2.24, 2.45) is 0 Å². The number of aryl methyl sites for hydroxylation is 1. The van der Waals surface area contributed by atoms with Gasteiger partial charge in [-0.15, -0.1) is 11.3 Å². The molecule has 0 saturated carbocycles. The van der Waals surface area contributed by atoms with Crippen LogP contribution in [0.3, 0.4) is 0 Å². The summed E-state index contributed by atoms with van der Waals surface area (Å²) >= 11 is 7.28. The van der Waals surface area contributed by atoms with Crippen LogP contribution in [0.15, 0.2) is 18.3 Å². The van der Waals surface area contributed by atoms with Crippen molar-refractivity contribution in [1.82, 2.24) is 4.98 Å². The Balaban J connectivity index is 2.42. The van der Waals surface area contributed by atoms with Crippen LogP contribution in [0.2, 0.25) is 5.02 Å². The van der Waals surface area contributed by atoms with E-state index in [0.717, 1.165) is 21.2 Å². The number of halogens is 1. The molecule has 102 valence electrons. The number of rotatable bonds is 1. The monoisotopic (exact) mass is 307 g/mol. The number of aromatic nitrogens is 1. The lowest BCUT2D eigenvalue weighted by Crippen LogP contribution is -1.97. The number of esters is 1. The molecule has 0 aliphatic rings. The summed E-state index contributed by atoms with van der Waals surface area (Å²) in [5.41, 5.74) is 1.65. The smallest absolute Gasteiger partial charge is 0.351 e. The molecule has 0 unspecified atom stereocenters. The molecule has 0 atom stereocenters. The van der Waals surface area contributed by atoms with Gasteiger partial charge in [-0.3, -0.25) is 4.98 Å². The first kappa shape index (κ1) is 13.1. The number of nitrogens with zero attached hydrogens (tertiary/aromatic N) is 1. The number of aromatic hydroxyl groups is 1. The van der Waals surface area contributed by atoms with E-state index in [1.165, 1.54) is 18.4 Å². The van der Waals surface area contributed by atoms with E-state index in [2.05, 4.69) is 9.72 Å². The fraction of sp³-hybridized carbons (Fsp3) is 0.143. The predicted octanol–water partition coefficient (Wildman–Crippen LogP) is 3.90. The molecule has 4 nitrogen and oxygen atoms in total. The van der Waals surface area contributed by atoms with E-state index in [0.29, 0.717) is 10.4 Å². The average Bonchev–Trinajstić information content (AvgIpc) is 2.77. The van der Waals surface area contributed by atoms with Gasteiger partial charge in [0.1, 0.15) is 5.75 Å². The van der Waals surface area contributed by atoms with E-state index >= 15 is 0 Å². The van der Waals surface area contributed by atoms with Gasteiger partial charge in [-0.1, -0.05) is 11.6 Å².